The minimum absolute atomic E-state index is 0.307. The lowest BCUT2D eigenvalue weighted by Crippen LogP contribution is -2.30. The first-order chi connectivity index (χ1) is 8.04. The van der Waals surface area contributed by atoms with Gasteiger partial charge in [0.2, 0.25) is 0 Å². The molecule has 0 heterocycles. The van der Waals surface area contributed by atoms with Crippen LogP contribution in [0, 0.1) is 0 Å². The minimum atomic E-state index is -0.743. The van der Waals surface area contributed by atoms with Gasteiger partial charge < -0.3 is 15.2 Å². The first kappa shape index (κ1) is 13.0. The van der Waals surface area contributed by atoms with Gasteiger partial charge in [-0.15, -0.1) is 0 Å². The second-order valence-corrected chi connectivity index (χ2v) is 3.41. The topological polar surface area (TPSA) is 78.6 Å². The summed E-state index contributed by atoms with van der Waals surface area (Å²) in [5.41, 5.74) is 5.45. The highest BCUT2D eigenvalue weighted by atomic mass is 16.5. The highest BCUT2D eigenvalue weighted by molar-refractivity contribution is 5.89. The molecule has 92 valence electrons. The van der Waals surface area contributed by atoms with E-state index in [0.717, 1.165) is 0 Å². The molecular formula is C12H15NO4. The van der Waals surface area contributed by atoms with E-state index in [4.69, 9.17) is 15.2 Å². The van der Waals surface area contributed by atoms with E-state index in [0.29, 0.717) is 17.9 Å². The summed E-state index contributed by atoms with van der Waals surface area (Å²) in [4.78, 5) is 22.3. The van der Waals surface area contributed by atoms with Gasteiger partial charge >= 0.3 is 5.97 Å². The number of amides is 1. The van der Waals surface area contributed by atoms with E-state index in [9.17, 15) is 9.59 Å². The predicted octanol–water partition coefficient (Wildman–Crippen LogP) is 1.12. The molecule has 0 aliphatic rings. The maximum absolute atomic E-state index is 11.4. The van der Waals surface area contributed by atoms with E-state index in [1.54, 1.807) is 32.0 Å². The fraction of sp³-hybridized carbons (Fsp3) is 0.333. The van der Waals surface area contributed by atoms with Crippen molar-refractivity contribution >= 4 is 11.9 Å². The first-order valence-electron chi connectivity index (χ1n) is 5.27. The van der Waals surface area contributed by atoms with Gasteiger partial charge in [0.1, 0.15) is 5.75 Å². The van der Waals surface area contributed by atoms with Gasteiger partial charge in [0.15, 0.2) is 6.10 Å². The summed E-state index contributed by atoms with van der Waals surface area (Å²) in [6.45, 7) is 3.58. The molecule has 0 aliphatic carbocycles. The van der Waals surface area contributed by atoms with Crippen LogP contribution in [0.3, 0.4) is 0 Å². The van der Waals surface area contributed by atoms with Crippen molar-refractivity contribution in [3.63, 3.8) is 0 Å². The standard InChI is InChI=1S/C12H15NO4/c1-3-16-12(15)9-5-4-6-10(7-9)17-8(2)11(13)14/h4-8H,3H2,1-2H3,(H2,13,14). The molecular weight excluding hydrogens is 222 g/mol. The van der Waals surface area contributed by atoms with Crippen LogP contribution in [0.25, 0.3) is 0 Å². The zero-order valence-electron chi connectivity index (χ0n) is 9.80. The average Bonchev–Trinajstić information content (AvgIpc) is 2.29. The summed E-state index contributed by atoms with van der Waals surface area (Å²) in [5.74, 6) is -0.585. The first-order valence-corrected chi connectivity index (χ1v) is 5.27. The van der Waals surface area contributed by atoms with Crippen LogP contribution < -0.4 is 10.5 Å². The summed E-state index contributed by atoms with van der Waals surface area (Å²) < 4.78 is 10.1. The molecule has 0 saturated carbocycles. The maximum atomic E-state index is 11.4. The molecule has 17 heavy (non-hydrogen) atoms. The molecule has 0 bridgehead atoms. The molecule has 5 nitrogen and oxygen atoms in total. The monoisotopic (exact) mass is 237 g/mol. The molecule has 1 amide bonds. The number of rotatable bonds is 5. The Balaban J connectivity index is 2.79. The Bertz CT molecular complexity index is 417. The van der Waals surface area contributed by atoms with Gasteiger partial charge in [-0.25, -0.2) is 4.79 Å². The van der Waals surface area contributed by atoms with Gasteiger partial charge in [0.25, 0.3) is 5.91 Å². The van der Waals surface area contributed by atoms with Crippen LogP contribution in [0.4, 0.5) is 0 Å². The molecule has 0 fully saturated rings. The Morgan fingerprint density at radius 3 is 2.71 bits per heavy atom. The number of primary amides is 1. The lowest BCUT2D eigenvalue weighted by molar-refractivity contribution is -0.123. The van der Waals surface area contributed by atoms with E-state index < -0.39 is 18.0 Å². The molecule has 5 heteroatoms. The predicted molar refractivity (Wildman–Crippen MR) is 61.7 cm³/mol. The molecule has 1 aromatic rings. The van der Waals surface area contributed by atoms with E-state index in [2.05, 4.69) is 0 Å². The Labute approximate surface area is 99.5 Å². The zero-order chi connectivity index (χ0) is 12.8. The number of ether oxygens (including phenoxy) is 2. The van der Waals surface area contributed by atoms with Crippen LogP contribution in [0.15, 0.2) is 24.3 Å². The Morgan fingerprint density at radius 2 is 2.12 bits per heavy atom. The number of nitrogens with two attached hydrogens (primary N) is 1. The van der Waals surface area contributed by atoms with E-state index in [1.165, 1.54) is 6.07 Å². The van der Waals surface area contributed by atoms with Crippen LogP contribution in [0.1, 0.15) is 24.2 Å². The van der Waals surface area contributed by atoms with Crippen molar-refractivity contribution < 1.29 is 19.1 Å². The number of hydrogen-bond donors (Lipinski definition) is 1. The molecule has 0 aliphatic heterocycles. The second kappa shape index (κ2) is 5.89. The Hall–Kier alpha value is -2.04. The van der Waals surface area contributed by atoms with Crippen LogP contribution in [-0.2, 0) is 9.53 Å². The van der Waals surface area contributed by atoms with Gasteiger partial charge in [-0.2, -0.15) is 0 Å². The van der Waals surface area contributed by atoms with Crippen LogP contribution in [0.2, 0.25) is 0 Å². The smallest absolute Gasteiger partial charge is 0.338 e. The molecule has 1 rings (SSSR count). The SMILES string of the molecule is CCOC(=O)c1cccc(OC(C)C(N)=O)c1. The van der Waals surface area contributed by atoms with Crippen molar-refractivity contribution in [2.24, 2.45) is 5.73 Å². The molecule has 0 saturated heterocycles. The third-order valence-corrected chi connectivity index (χ3v) is 2.06. The molecule has 1 unspecified atom stereocenters. The summed E-state index contributed by atoms with van der Waals surface area (Å²) in [7, 11) is 0. The molecule has 1 aromatic carbocycles. The summed E-state index contributed by atoms with van der Waals surface area (Å²) >= 11 is 0. The summed E-state index contributed by atoms with van der Waals surface area (Å²) in [5, 5.41) is 0. The van der Waals surface area contributed by atoms with Crippen molar-refractivity contribution in [2.45, 2.75) is 20.0 Å². The van der Waals surface area contributed by atoms with Crippen molar-refractivity contribution in [2.75, 3.05) is 6.61 Å². The van der Waals surface area contributed by atoms with E-state index in [-0.39, 0.29) is 0 Å². The third-order valence-electron chi connectivity index (χ3n) is 2.06. The van der Waals surface area contributed by atoms with Crippen molar-refractivity contribution in [1.29, 1.82) is 0 Å². The van der Waals surface area contributed by atoms with E-state index in [1.807, 2.05) is 0 Å². The molecule has 1 atom stereocenters. The third kappa shape index (κ3) is 3.79. The fourth-order valence-electron chi connectivity index (χ4n) is 1.17. The van der Waals surface area contributed by atoms with Gasteiger partial charge in [-0.1, -0.05) is 6.07 Å². The highest BCUT2D eigenvalue weighted by Gasteiger charge is 2.12. The minimum Gasteiger partial charge on any atom is -0.481 e. The second-order valence-electron chi connectivity index (χ2n) is 3.41. The summed E-state index contributed by atoms with van der Waals surface area (Å²) in [6.07, 6.45) is -0.743. The number of esters is 1. The lowest BCUT2D eigenvalue weighted by atomic mass is 10.2. The fourth-order valence-corrected chi connectivity index (χ4v) is 1.17. The van der Waals surface area contributed by atoms with Crippen LogP contribution in [-0.4, -0.2) is 24.6 Å². The average molecular weight is 237 g/mol. The van der Waals surface area contributed by atoms with Gasteiger partial charge in [0.05, 0.1) is 12.2 Å². The Kier molecular flexibility index (Phi) is 4.51. The largest absolute Gasteiger partial charge is 0.481 e. The van der Waals surface area contributed by atoms with Gasteiger partial charge in [-0.3, -0.25) is 4.79 Å². The van der Waals surface area contributed by atoms with Crippen molar-refractivity contribution in [1.82, 2.24) is 0 Å². The molecule has 0 spiro atoms. The number of carbonyl (C=O) groups is 2. The van der Waals surface area contributed by atoms with Crippen molar-refractivity contribution in [3.05, 3.63) is 29.8 Å². The van der Waals surface area contributed by atoms with Crippen LogP contribution in [0.5, 0.6) is 5.75 Å². The molecule has 2 N–H and O–H groups in total. The highest BCUT2D eigenvalue weighted by Crippen LogP contribution is 2.15. The lowest BCUT2D eigenvalue weighted by Gasteiger charge is -2.11. The number of carbonyl (C=O) groups excluding carboxylic acids is 2. The normalized spacial score (nSPS) is 11.6. The summed E-state index contributed by atoms with van der Waals surface area (Å²) in [6, 6.07) is 6.41. The quantitative estimate of drug-likeness (QED) is 0.778. The maximum Gasteiger partial charge on any atom is 0.338 e. The number of hydrogen-bond acceptors (Lipinski definition) is 4. The van der Waals surface area contributed by atoms with Gasteiger partial charge in [0, 0.05) is 0 Å². The molecule has 0 aromatic heterocycles. The number of benzene rings is 1. The molecule has 0 radical (unpaired) electrons. The van der Waals surface area contributed by atoms with Gasteiger partial charge in [-0.05, 0) is 32.0 Å². The van der Waals surface area contributed by atoms with Crippen molar-refractivity contribution in [3.8, 4) is 5.75 Å². The Morgan fingerprint density at radius 1 is 1.41 bits per heavy atom. The van der Waals surface area contributed by atoms with Crippen LogP contribution >= 0.6 is 0 Å². The zero-order valence-corrected chi connectivity index (χ0v) is 9.80. The van der Waals surface area contributed by atoms with E-state index >= 15 is 0 Å².